The highest BCUT2D eigenvalue weighted by molar-refractivity contribution is 6.21. The first-order chi connectivity index (χ1) is 16.6. The molecule has 10 heteroatoms. The van der Waals surface area contributed by atoms with Crippen LogP contribution in [0.15, 0.2) is 0 Å². The normalized spacial score (nSPS) is 46.1. The van der Waals surface area contributed by atoms with Crippen LogP contribution in [-0.2, 0) is 14.3 Å². The van der Waals surface area contributed by atoms with Gasteiger partial charge in [0, 0.05) is 49.6 Å². The van der Waals surface area contributed by atoms with Gasteiger partial charge in [-0.3, -0.25) is 14.5 Å². The number of rotatable bonds is 6. The highest BCUT2D eigenvalue weighted by atomic mass is 35.5. The fraction of sp³-hybridized carbons (Fsp3) is 0.920. The second-order valence-electron chi connectivity index (χ2n) is 12.5. The fourth-order valence-electron chi connectivity index (χ4n) is 7.77. The van der Waals surface area contributed by atoms with E-state index in [-0.39, 0.29) is 58.7 Å². The summed E-state index contributed by atoms with van der Waals surface area (Å²) in [6, 6.07) is 0.286. The number of ether oxygens (including phenoxy) is 1. The molecule has 196 valence electrons. The van der Waals surface area contributed by atoms with Crippen LogP contribution in [0.25, 0.3) is 0 Å². The van der Waals surface area contributed by atoms with Crippen molar-refractivity contribution in [2.45, 2.75) is 98.6 Å². The lowest BCUT2D eigenvalue weighted by molar-refractivity contribution is -0.212. The first-order valence-electron chi connectivity index (χ1n) is 13.1. The zero-order valence-corrected chi connectivity index (χ0v) is 21.5. The third-order valence-electron chi connectivity index (χ3n) is 9.58. The van der Waals surface area contributed by atoms with Crippen LogP contribution in [-0.4, -0.2) is 95.2 Å². The number of nitrogens with zero attached hydrogens (tertiary/aromatic N) is 2. The molecule has 2 saturated heterocycles. The largest absolute Gasteiger partial charge is 0.368 e. The van der Waals surface area contributed by atoms with E-state index in [9.17, 15) is 18.4 Å². The Labute approximate surface area is 215 Å². The standard InChI is InChI=1S/C25H35Cl2F2N3O3/c26-17-3-1-15(5-19(17)28)31-11-23(12-31)13-32(14-23)22(34)24-8-25(9-24,10-24)30-21(33)7-35-16-2-4-18(27)20(29)6-16/h15-20H,1-14H2,(H,30,33). The van der Waals surface area contributed by atoms with Crippen molar-refractivity contribution < 1.29 is 23.1 Å². The van der Waals surface area contributed by atoms with Crippen molar-refractivity contribution in [3.8, 4) is 0 Å². The quantitative estimate of drug-likeness (QED) is 0.532. The molecule has 2 bridgehead atoms. The first-order valence-corrected chi connectivity index (χ1v) is 14.0. The molecule has 6 unspecified atom stereocenters. The summed E-state index contributed by atoms with van der Waals surface area (Å²) in [5.74, 6) is 0.0394. The van der Waals surface area contributed by atoms with Crippen LogP contribution in [0.4, 0.5) is 8.78 Å². The van der Waals surface area contributed by atoms with Gasteiger partial charge < -0.3 is 15.0 Å². The van der Waals surface area contributed by atoms with Crippen molar-refractivity contribution in [2.24, 2.45) is 10.8 Å². The molecule has 2 heterocycles. The van der Waals surface area contributed by atoms with Gasteiger partial charge in [-0.25, -0.2) is 8.78 Å². The zero-order valence-electron chi connectivity index (χ0n) is 20.0. The molecule has 1 N–H and O–H groups in total. The second-order valence-corrected chi connectivity index (χ2v) is 13.6. The summed E-state index contributed by atoms with van der Waals surface area (Å²) in [5, 5.41) is 2.26. The van der Waals surface area contributed by atoms with Gasteiger partial charge in [0.05, 0.1) is 22.3 Å². The number of hydrogen-bond acceptors (Lipinski definition) is 4. The van der Waals surface area contributed by atoms with Crippen molar-refractivity contribution in [2.75, 3.05) is 32.8 Å². The van der Waals surface area contributed by atoms with Crippen LogP contribution in [0.5, 0.6) is 0 Å². The van der Waals surface area contributed by atoms with E-state index in [1.54, 1.807) is 0 Å². The van der Waals surface area contributed by atoms with Crippen molar-refractivity contribution >= 4 is 35.0 Å². The molecular formula is C25H35Cl2F2N3O3. The van der Waals surface area contributed by atoms with Crippen LogP contribution < -0.4 is 5.32 Å². The molecule has 0 aromatic rings. The number of carbonyl (C=O) groups is 2. The third kappa shape index (κ3) is 4.28. The van der Waals surface area contributed by atoms with Gasteiger partial charge in [-0.05, 0) is 51.4 Å². The number of hydrogen-bond donors (Lipinski definition) is 1. The Hall–Kier alpha value is -0.700. The maximum absolute atomic E-state index is 14.0. The Balaban J connectivity index is 0.897. The maximum Gasteiger partial charge on any atom is 0.246 e. The summed E-state index contributed by atoms with van der Waals surface area (Å²) < 4.78 is 33.4. The Kier molecular flexibility index (Phi) is 6.10. The van der Waals surface area contributed by atoms with E-state index >= 15 is 0 Å². The van der Waals surface area contributed by atoms with E-state index in [4.69, 9.17) is 27.9 Å². The highest BCUT2D eigenvalue weighted by Gasteiger charge is 2.74. The summed E-state index contributed by atoms with van der Waals surface area (Å²) in [7, 11) is 0. The first kappa shape index (κ1) is 24.6. The van der Waals surface area contributed by atoms with Crippen molar-refractivity contribution in [1.29, 1.82) is 0 Å². The summed E-state index contributed by atoms with van der Waals surface area (Å²) in [4.78, 5) is 29.9. The highest BCUT2D eigenvalue weighted by Crippen LogP contribution is 2.68. The van der Waals surface area contributed by atoms with Crippen LogP contribution in [0.2, 0.25) is 0 Å². The lowest BCUT2D eigenvalue weighted by Gasteiger charge is -2.72. The van der Waals surface area contributed by atoms with E-state index < -0.39 is 17.7 Å². The molecule has 7 rings (SSSR count). The monoisotopic (exact) mass is 533 g/mol. The third-order valence-corrected chi connectivity index (χ3v) is 10.6. The Bertz CT molecular complexity index is 860. The predicted molar refractivity (Wildman–Crippen MR) is 128 cm³/mol. The van der Waals surface area contributed by atoms with E-state index in [0.717, 1.165) is 39.0 Å². The number of carbonyl (C=O) groups excluding carboxylic acids is 2. The topological polar surface area (TPSA) is 61.9 Å². The van der Waals surface area contributed by atoms with Gasteiger partial charge in [-0.15, -0.1) is 23.2 Å². The van der Waals surface area contributed by atoms with Gasteiger partial charge in [0.25, 0.3) is 0 Å². The number of halogens is 4. The second kappa shape index (κ2) is 8.67. The molecule has 0 aromatic carbocycles. The SMILES string of the molecule is O=C(COC1CCC(Cl)C(F)C1)NC12CC(C(=O)N3CC4(C3)CN(C3CCC(Cl)C(F)C3)C4)(C1)C2. The van der Waals surface area contributed by atoms with Gasteiger partial charge in [0.2, 0.25) is 11.8 Å². The van der Waals surface area contributed by atoms with Crippen molar-refractivity contribution in [3.63, 3.8) is 0 Å². The van der Waals surface area contributed by atoms with Gasteiger partial charge >= 0.3 is 0 Å². The Morgan fingerprint density at radius 2 is 1.54 bits per heavy atom. The minimum absolute atomic E-state index is 0.0755. The average Bonchev–Trinajstić information content (AvgIpc) is 2.70. The molecule has 5 saturated carbocycles. The molecule has 1 spiro atoms. The van der Waals surface area contributed by atoms with E-state index in [0.29, 0.717) is 38.5 Å². The lowest BCUT2D eigenvalue weighted by Crippen LogP contribution is -2.82. The van der Waals surface area contributed by atoms with Crippen LogP contribution in [0.1, 0.15) is 57.8 Å². The van der Waals surface area contributed by atoms with E-state index in [1.165, 1.54) is 0 Å². The average molecular weight is 534 g/mol. The van der Waals surface area contributed by atoms with Crippen LogP contribution >= 0.6 is 23.2 Å². The molecule has 0 radical (unpaired) electrons. The number of nitrogens with one attached hydrogen (secondary N) is 1. The Morgan fingerprint density at radius 1 is 0.914 bits per heavy atom. The molecule has 2 amide bonds. The number of likely N-dealkylation sites (tertiary alicyclic amines) is 2. The number of amides is 2. The minimum atomic E-state index is -1.08. The Morgan fingerprint density at radius 3 is 2.17 bits per heavy atom. The van der Waals surface area contributed by atoms with Gasteiger partial charge in [-0.2, -0.15) is 0 Å². The van der Waals surface area contributed by atoms with Gasteiger partial charge in [0.1, 0.15) is 19.0 Å². The van der Waals surface area contributed by atoms with Gasteiger partial charge in [0.15, 0.2) is 0 Å². The summed E-state index contributed by atoms with van der Waals surface area (Å²) in [6.07, 6.45) is 3.53. The molecule has 6 atom stereocenters. The molecule has 7 aliphatic rings. The fourth-order valence-corrected chi connectivity index (χ4v) is 8.23. The summed E-state index contributed by atoms with van der Waals surface area (Å²) in [5.41, 5.74) is -0.390. The molecule has 5 aliphatic carbocycles. The summed E-state index contributed by atoms with van der Waals surface area (Å²) in [6.45, 7) is 3.41. The lowest BCUT2D eigenvalue weighted by atomic mass is 9.38. The van der Waals surface area contributed by atoms with Crippen LogP contribution in [0, 0.1) is 10.8 Å². The predicted octanol–water partition coefficient (Wildman–Crippen LogP) is 3.18. The molecule has 7 fully saturated rings. The van der Waals surface area contributed by atoms with E-state index in [2.05, 4.69) is 10.2 Å². The van der Waals surface area contributed by atoms with Crippen LogP contribution in [0.3, 0.4) is 0 Å². The molecule has 35 heavy (non-hydrogen) atoms. The summed E-state index contributed by atoms with van der Waals surface area (Å²) >= 11 is 11.9. The molecule has 6 nitrogen and oxygen atoms in total. The molecular weight excluding hydrogens is 499 g/mol. The minimum Gasteiger partial charge on any atom is -0.368 e. The smallest absolute Gasteiger partial charge is 0.246 e. The van der Waals surface area contributed by atoms with Gasteiger partial charge in [-0.1, -0.05) is 0 Å². The van der Waals surface area contributed by atoms with E-state index in [1.807, 2.05) is 4.90 Å². The van der Waals surface area contributed by atoms with Crippen molar-refractivity contribution in [1.82, 2.24) is 15.1 Å². The number of alkyl halides is 4. The molecule has 0 aromatic heterocycles. The molecule has 2 aliphatic heterocycles. The zero-order chi connectivity index (χ0) is 24.6. The van der Waals surface area contributed by atoms with Crippen molar-refractivity contribution in [3.05, 3.63) is 0 Å². The maximum atomic E-state index is 14.0.